The van der Waals surface area contributed by atoms with E-state index in [0.717, 1.165) is 5.69 Å². The number of nitrogens with zero attached hydrogens (tertiary/aromatic N) is 3. The van der Waals surface area contributed by atoms with E-state index >= 15 is 0 Å². The molecule has 0 radical (unpaired) electrons. The number of hydrogen-bond donors (Lipinski definition) is 1. The molecule has 0 aromatic carbocycles. The molecule has 1 N–H and O–H groups in total. The first kappa shape index (κ1) is 14.0. The second kappa shape index (κ2) is 6.65. The van der Waals surface area contributed by atoms with Crippen LogP contribution in [-0.2, 0) is 6.54 Å². The lowest BCUT2D eigenvalue weighted by Gasteiger charge is -2.20. The van der Waals surface area contributed by atoms with Gasteiger partial charge in [-0.3, -0.25) is 9.78 Å². The Morgan fingerprint density at radius 3 is 2.75 bits per heavy atom. The van der Waals surface area contributed by atoms with Crippen LogP contribution in [0.25, 0.3) is 0 Å². The highest BCUT2D eigenvalue weighted by atomic mass is 16.2. The number of anilines is 1. The first-order chi connectivity index (χ1) is 9.74. The Balaban J connectivity index is 2.16. The van der Waals surface area contributed by atoms with Gasteiger partial charge in [-0.2, -0.15) is 0 Å². The van der Waals surface area contributed by atoms with Crippen molar-refractivity contribution in [3.63, 3.8) is 0 Å². The van der Waals surface area contributed by atoms with Gasteiger partial charge in [0, 0.05) is 19.8 Å². The van der Waals surface area contributed by atoms with Gasteiger partial charge < -0.3 is 10.2 Å². The van der Waals surface area contributed by atoms with E-state index in [2.05, 4.69) is 15.3 Å². The van der Waals surface area contributed by atoms with E-state index in [-0.39, 0.29) is 5.91 Å². The number of nitrogens with one attached hydrogen (secondary N) is 1. The van der Waals surface area contributed by atoms with E-state index < -0.39 is 0 Å². The van der Waals surface area contributed by atoms with Gasteiger partial charge in [-0.15, -0.1) is 0 Å². The van der Waals surface area contributed by atoms with E-state index in [4.69, 9.17) is 0 Å². The second-order valence-corrected chi connectivity index (χ2v) is 4.30. The van der Waals surface area contributed by atoms with Gasteiger partial charge in [0.15, 0.2) is 0 Å². The van der Waals surface area contributed by atoms with Crippen molar-refractivity contribution in [2.75, 3.05) is 18.9 Å². The van der Waals surface area contributed by atoms with Crippen LogP contribution < -0.4 is 5.32 Å². The van der Waals surface area contributed by atoms with Crippen LogP contribution in [0.3, 0.4) is 0 Å². The van der Waals surface area contributed by atoms with Crippen molar-refractivity contribution >= 4 is 11.7 Å². The fraction of sp³-hybridized carbons (Fsp3) is 0.267. The Morgan fingerprint density at radius 1 is 1.25 bits per heavy atom. The van der Waals surface area contributed by atoms with E-state index in [0.29, 0.717) is 24.6 Å². The third kappa shape index (κ3) is 3.32. The Morgan fingerprint density at radius 2 is 2.10 bits per heavy atom. The lowest BCUT2D eigenvalue weighted by molar-refractivity contribution is 0.0745. The summed E-state index contributed by atoms with van der Waals surface area (Å²) in [6.07, 6.45) is 1.73. The molecule has 2 heterocycles. The predicted octanol–water partition coefficient (Wildman–Crippen LogP) is 2.18. The molecule has 0 aliphatic rings. The third-order valence-electron chi connectivity index (χ3n) is 2.97. The summed E-state index contributed by atoms with van der Waals surface area (Å²) in [5, 5.41) is 2.93. The van der Waals surface area contributed by atoms with E-state index in [1.165, 1.54) is 0 Å². The van der Waals surface area contributed by atoms with Gasteiger partial charge in [0.25, 0.3) is 5.91 Å². The molecule has 2 aromatic heterocycles. The smallest absolute Gasteiger partial charge is 0.272 e. The zero-order valence-electron chi connectivity index (χ0n) is 11.7. The average molecular weight is 270 g/mol. The number of carbonyl (C=O) groups excluding carboxylic acids is 1. The molecule has 2 aromatic rings. The summed E-state index contributed by atoms with van der Waals surface area (Å²) in [6, 6.07) is 11.1. The molecule has 20 heavy (non-hydrogen) atoms. The van der Waals surface area contributed by atoms with Crippen LogP contribution in [0, 0.1) is 0 Å². The summed E-state index contributed by atoms with van der Waals surface area (Å²) in [4.78, 5) is 22.7. The minimum absolute atomic E-state index is 0.0877. The SMILES string of the molecule is CCN(Cc1ccccn1)C(=O)c1cccc(NC)n1. The third-order valence-corrected chi connectivity index (χ3v) is 2.97. The first-order valence-corrected chi connectivity index (χ1v) is 6.58. The summed E-state index contributed by atoms with van der Waals surface area (Å²) in [5.41, 5.74) is 1.31. The minimum Gasteiger partial charge on any atom is -0.373 e. The lowest BCUT2D eigenvalue weighted by atomic mass is 10.2. The monoisotopic (exact) mass is 270 g/mol. The van der Waals surface area contributed by atoms with Gasteiger partial charge in [0.2, 0.25) is 0 Å². The highest BCUT2D eigenvalue weighted by molar-refractivity contribution is 5.92. The van der Waals surface area contributed by atoms with Crippen molar-refractivity contribution in [2.45, 2.75) is 13.5 Å². The van der Waals surface area contributed by atoms with E-state index in [1.807, 2.05) is 37.3 Å². The van der Waals surface area contributed by atoms with E-state index in [1.54, 1.807) is 24.2 Å². The van der Waals surface area contributed by atoms with Gasteiger partial charge in [0.1, 0.15) is 11.5 Å². The summed E-state index contributed by atoms with van der Waals surface area (Å²) < 4.78 is 0. The van der Waals surface area contributed by atoms with Crippen LogP contribution in [0.4, 0.5) is 5.82 Å². The van der Waals surface area contributed by atoms with Crippen LogP contribution in [0.5, 0.6) is 0 Å². The number of rotatable bonds is 5. The maximum absolute atomic E-state index is 12.5. The zero-order chi connectivity index (χ0) is 14.4. The van der Waals surface area contributed by atoms with Gasteiger partial charge in [-0.1, -0.05) is 12.1 Å². The second-order valence-electron chi connectivity index (χ2n) is 4.30. The molecular weight excluding hydrogens is 252 g/mol. The van der Waals surface area contributed by atoms with Crippen molar-refractivity contribution in [1.29, 1.82) is 0 Å². The van der Waals surface area contributed by atoms with Crippen LogP contribution in [0.1, 0.15) is 23.1 Å². The molecule has 0 fully saturated rings. The number of pyridine rings is 2. The molecular formula is C15H18N4O. The Hall–Kier alpha value is -2.43. The molecule has 0 aliphatic carbocycles. The molecule has 0 atom stereocenters. The zero-order valence-corrected chi connectivity index (χ0v) is 11.7. The summed E-state index contributed by atoms with van der Waals surface area (Å²) >= 11 is 0. The minimum atomic E-state index is -0.0877. The molecule has 104 valence electrons. The predicted molar refractivity (Wildman–Crippen MR) is 78.4 cm³/mol. The maximum Gasteiger partial charge on any atom is 0.272 e. The van der Waals surface area contributed by atoms with Crippen LogP contribution in [0.15, 0.2) is 42.6 Å². The van der Waals surface area contributed by atoms with Gasteiger partial charge in [0.05, 0.1) is 12.2 Å². The van der Waals surface area contributed by atoms with Crippen molar-refractivity contribution < 1.29 is 4.79 Å². The van der Waals surface area contributed by atoms with Gasteiger partial charge in [-0.25, -0.2) is 4.98 Å². The standard InChI is InChI=1S/C15H18N4O/c1-3-19(11-12-7-4-5-10-17-12)15(20)13-8-6-9-14(16-2)18-13/h4-10H,3,11H2,1-2H3,(H,16,18). The number of aromatic nitrogens is 2. The Bertz CT molecular complexity index is 571. The van der Waals surface area contributed by atoms with Crippen molar-refractivity contribution in [3.8, 4) is 0 Å². The normalized spacial score (nSPS) is 10.1. The van der Waals surface area contributed by atoms with Crippen LogP contribution in [-0.4, -0.2) is 34.4 Å². The molecule has 0 saturated carbocycles. The molecule has 0 aliphatic heterocycles. The quantitative estimate of drug-likeness (QED) is 0.904. The fourth-order valence-electron chi connectivity index (χ4n) is 1.87. The number of amides is 1. The Kier molecular flexibility index (Phi) is 4.65. The topological polar surface area (TPSA) is 58.1 Å². The molecule has 1 amide bonds. The summed E-state index contributed by atoms with van der Waals surface area (Å²) in [6.45, 7) is 3.05. The van der Waals surface area contributed by atoms with E-state index in [9.17, 15) is 4.79 Å². The van der Waals surface area contributed by atoms with Gasteiger partial charge in [-0.05, 0) is 31.2 Å². The molecule has 2 rings (SSSR count). The number of hydrogen-bond acceptors (Lipinski definition) is 4. The summed E-state index contributed by atoms with van der Waals surface area (Å²) in [5.74, 6) is 0.597. The molecule has 0 bridgehead atoms. The molecule has 0 unspecified atom stereocenters. The molecule has 5 nitrogen and oxygen atoms in total. The molecule has 5 heteroatoms. The molecule has 0 spiro atoms. The fourth-order valence-corrected chi connectivity index (χ4v) is 1.87. The molecule has 0 saturated heterocycles. The van der Waals surface area contributed by atoms with Gasteiger partial charge >= 0.3 is 0 Å². The Labute approximate surface area is 118 Å². The van der Waals surface area contributed by atoms with Crippen molar-refractivity contribution in [2.24, 2.45) is 0 Å². The maximum atomic E-state index is 12.5. The average Bonchev–Trinajstić information content (AvgIpc) is 2.53. The number of carbonyl (C=O) groups is 1. The van der Waals surface area contributed by atoms with Crippen LogP contribution >= 0.6 is 0 Å². The highest BCUT2D eigenvalue weighted by Crippen LogP contribution is 2.09. The van der Waals surface area contributed by atoms with Crippen molar-refractivity contribution in [3.05, 3.63) is 54.0 Å². The first-order valence-electron chi connectivity index (χ1n) is 6.58. The largest absolute Gasteiger partial charge is 0.373 e. The highest BCUT2D eigenvalue weighted by Gasteiger charge is 2.16. The van der Waals surface area contributed by atoms with Crippen LogP contribution in [0.2, 0.25) is 0 Å². The lowest BCUT2D eigenvalue weighted by Crippen LogP contribution is -2.31. The van der Waals surface area contributed by atoms with Crippen molar-refractivity contribution in [1.82, 2.24) is 14.9 Å². The summed E-state index contributed by atoms with van der Waals surface area (Å²) in [7, 11) is 1.78.